The van der Waals surface area contributed by atoms with Gasteiger partial charge in [-0.1, -0.05) is 36.4 Å². The highest BCUT2D eigenvalue weighted by molar-refractivity contribution is 8.00. The second-order valence-electron chi connectivity index (χ2n) is 6.35. The van der Waals surface area contributed by atoms with Crippen LogP contribution in [0.5, 0.6) is 0 Å². The predicted molar refractivity (Wildman–Crippen MR) is 116 cm³/mol. The number of halogens is 1. The SMILES string of the molecule is CC(=O)NC(C)c1ccc(-c2csc(NC(=O)CSc3ccccc3F)n2)cc1. The molecule has 0 saturated heterocycles. The van der Waals surface area contributed by atoms with Gasteiger partial charge < -0.3 is 10.6 Å². The molecule has 5 nitrogen and oxygen atoms in total. The third-order valence-electron chi connectivity index (χ3n) is 4.07. The zero-order valence-corrected chi connectivity index (χ0v) is 17.6. The fourth-order valence-electron chi connectivity index (χ4n) is 2.65. The molecule has 0 aliphatic rings. The number of amides is 2. The zero-order valence-electron chi connectivity index (χ0n) is 15.9. The molecule has 2 aromatic carbocycles. The summed E-state index contributed by atoms with van der Waals surface area (Å²) in [7, 11) is 0. The van der Waals surface area contributed by atoms with E-state index < -0.39 is 0 Å². The molecule has 0 fully saturated rings. The molecule has 1 atom stereocenters. The summed E-state index contributed by atoms with van der Waals surface area (Å²) in [5.41, 5.74) is 2.67. The fraction of sp³-hybridized carbons (Fsp3) is 0.190. The van der Waals surface area contributed by atoms with Crippen LogP contribution in [0.4, 0.5) is 9.52 Å². The van der Waals surface area contributed by atoms with Crippen LogP contribution in [0.3, 0.4) is 0 Å². The number of carbonyl (C=O) groups is 2. The Morgan fingerprint density at radius 2 is 1.90 bits per heavy atom. The molecular formula is C21H20FN3O2S2. The number of carbonyl (C=O) groups excluding carboxylic acids is 2. The molecule has 0 aliphatic carbocycles. The lowest BCUT2D eigenvalue weighted by Crippen LogP contribution is -2.23. The van der Waals surface area contributed by atoms with Gasteiger partial charge in [0.2, 0.25) is 11.8 Å². The number of nitrogens with zero attached hydrogens (tertiary/aromatic N) is 1. The second-order valence-corrected chi connectivity index (χ2v) is 8.22. The Bertz CT molecular complexity index is 1010. The van der Waals surface area contributed by atoms with Crippen LogP contribution in [0.25, 0.3) is 11.3 Å². The molecule has 1 aromatic heterocycles. The van der Waals surface area contributed by atoms with Crippen LogP contribution in [0.1, 0.15) is 25.5 Å². The number of rotatable bonds is 7. The maximum Gasteiger partial charge on any atom is 0.236 e. The van der Waals surface area contributed by atoms with Crippen LogP contribution >= 0.6 is 23.1 Å². The van der Waals surface area contributed by atoms with E-state index in [1.165, 1.54) is 24.3 Å². The quantitative estimate of drug-likeness (QED) is 0.525. The smallest absolute Gasteiger partial charge is 0.236 e. The van der Waals surface area contributed by atoms with Crippen molar-refractivity contribution in [2.24, 2.45) is 0 Å². The highest BCUT2D eigenvalue weighted by Gasteiger charge is 2.11. The average Bonchev–Trinajstić information content (AvgIpc) is 3.15. The molecule has 0 saturated carbocycles. The highest BCUT2D eigenvalue weighted by Crippen LogP contribution is 2.27. The van der Waals surface area contributed by atoms with Crippen LogP contribution in [-0.2, 0) is 9.59 Å². The van der Waals surface area contributed by atoms with Gasteiger partial charge in [-0.05, 0) is 24.6 Å². The minimum Gasteiger partial charge on any atom is -0.350 e. The lowest BCUT2D eigenvalue weighted by molar-refractivity contribution is -0.119. The molecule has 2 N–H and O–H groups in total. The predicted octanol–water partition coefficient (Wildman–Crippen LogP) is 4.88. The van der Waals surface area contributed by atoms with Gasteiger partial charge in [-0.15, -0.1) is 23.1 Å². The Hall–Kier alpha value is -2.71. The zero-order chi connectivity index (χ0) is 20.8. The number of hydrogen-bond acceptors (Lipinski definition) is 5. The minimum atomic E-state index is -0.335. The van der Waals surface area contributed by atoms with Crippen molar-refractivity contribution in [3.63, 3.8) is 0 Å². The van der Waals surface area contributed by atoms with E-state index >= 15 is 0 Å². The van der Waals surface area contributed by atoms with E-state index in [0.29, 0.717) is 10.0 Å². The lowest BCUT2D eigenvalue weighted by atomic mass is 10.1. The first-order valence-corrected chi connectivity index (χ1v) is 10.8. The largest absolute Gasteiger partial charge is 0.350 e. The Labute approximate surface area is 176 Å². The number of nitrogens with one attached hydrogen (secondary N) is 2. The number of thiazole rings is 1. The molecule has 3 rings (SSSR count). The first kappa shape index (κ1) is 21.0. The van der Waals surface area contributed by atoms with Crippen molar-refractivity contribution in [1.29, 1.82) is 0 Å². The number of hydrogen-bond donors (Lipinski definition) is 2. The van der Waals surface area contributed by atoms with Gasteiger partial charge in [0.25, 0.3) is 0 Å². The van der Waals surface area contributed by atoms with Crippen molar-refractivity contribution in [3.05, 3.63) is 65.3 Å². The molecule has 8 heteroatoms. The number of anilines is 1. The lowest BCUT2D eigenvalue weighted by Gasteiger charge is -2.13. The van der Waals surface area contributed by atoms with E-state index in [0.717, 1.165) is 28.6 Å². The van der Waals surface area contributed by atoms with Gasteiger partial charge in [0.1, 0.15) is 5.82 Å². The Morgan fingerprint density at radius 1 is 1.17 bits per heavy atom. The first-order valence-electron chi connectivity index (χ1n) is 8.92. The van der Waals surface area contributed by atoms with Gasteiger partial charge >= 0.3 is 0 Å². The van der Waals surface area contributed by atoms with Gasteiger partial charge in [0.15, 0.2) is 5.13 Å². The van der Waals surface area contributed by atoms with E-state index in [1.54, 1.807) is 18.2 Å². The normalized spacial score (nSPS) is 11.7. The summed E-state index contributed by atoms with van der Waals surface area (Å²) in [6.07, 6.45) is 0. The molecule has 0 aliphatic heterocycles. The van der Waals surface area contributed by atoms with Gasteiger partial charge in [-0.25, -0.2) is 9.37 Å². The summed E-state index contributed by atoms with van der Waals surface area (Å²) < 4.78 is 13.6. The average molecular weight is 430 g/mol. The Kier molecular flexibility index (Phi) is 7.00. The fourth-order valence-corrected chi connectivity index (χ4v) is 4.13. The van der Waals surface area contributed by atoms with Gasteiger partial charge in [0.05, 0.1) is 17.5 Å². The van der Waals surface area contributed by atoms with Crippen LogP contribution in [0.2, 0.25) is 0 Å². The molecule has 0 radical (unpaired) electrons. The van der Waals surface area contributed by atoms with Crippen molar-refractivity contribution in [2.45, 2.75) is 24.8 Å². The number of thioether (sulfide) groups is 1. The van der Waals surface area contributed by atoms with Crippen molar-refractivity contribution >= 4 is 40.0 Å². The van der Waals surface area contributed by atoms with Gasteiger partial charge in [-0.3, -0.25) is 9.59 Å². The summed E-state index contributed by atoms with van der Waals surface area (Å²) in [6, 6.07) is 14.0. The van der Waals surface area contributed by atoms with Crippen molar-refractivity contribution < 1.29 is 14.0 Å². The van der Waals surface area contributed by atoms with Crippen molar-refractivity contribution in [1.82, 2.24) is 10.3 Å². The summed E-state index contributed by atoms with van der Waals surface area (Å²) in [6.45, 7) is 3.41. The third-order valence-corrected chi connectivity index (χ3v) is 5.88. The van der Waals surface area contributed by atoms with Crippen molar-refractivity contribution in [3.8, 4) is 11.3 Å². The summed E-state index contributed by atoms with van der Waals surface area (Å²) in [5, 5.41) is 7.96. The van der Waals surface area contributed by atoms with Gasteiger partial charge in [0, 0.05) is 22.8 Å². The van der Waals surface area contributed by atoms with E-state index in [1.807, 2.05) is 36.6 Å². The monoisotopic (exact) mass is 429 g/mol. The third kappa shape index (κ3) is 5.88. The summed E-state index contributed by atoms with van der Waals surface area (Å²) >= 11 is 2.48. The molecule has 0 bridgehead atoms. The van der Waals surface area contributed by atoms with E-state index in [2.05, 4.69) is 15.6 Å². The van der Waals surface area contributed by atoms with Crippen LogP contribution in [-0.4, -0.2) is 22.6 Å². The Morgan fingerprint density at radius 3 is 2.59 bits per heavy atom. The highest BCUT2D eigenvalue weighted by atomic mass is 32.2. The number of aromatic nitrogens is 1. The first-order chi connectivity index (χ1) is 13.9. The summed E-state index contributed by atoms with van der Waals surface area (Å²) in [4.78, 5) is 28.2. The van der Waals surface area contributed by atoms with Gasteiger partial charge in [-0.2, -0.15) is 0 Å². The molecule has 2 amide bonds. The maximum absolute atomic E-state index is 13.6. The molecule has 1 unspecified atom stereocenters. The molecule has 3 aromatic rings. The maximum atomic E-state index is 13.6. The van der Waals surface area contributed by atoms with Crippen LogP contribution in [0.15, 0.2) is 58.8 Å². The molecule has 150 valence electrons. The molecule has 0 spiro atoms. The van der Waals surface area contributed by atoms with E-state index in [-0.39, 0.29) is 29.4 Å². The molecular weight excluding hydrogens is 409 g/mol. The van der Waals surface area contributed by atoms with Crippen molar-refractivity contribution in [2.75, 3.05) is 11.1 Å². The second kappa shape index (κ2) is 9.67. The standard InChI is InChI=1S/C21H20FN3O2S2/c1-13(23-14(2)26)15-7-9-16(10-8-15)18-11-29-21(24-18)25-20(27)12-28-19-6-4-3-5-17(19)22/h3-11,13H,12H2,1-2H3,(H,23,26)(H,24,25,27). The molecule has 1 heterocycles. The Balaban J connectivity index is 1.58. The van der Waals surface area contributed by atoms with Crippen LogP contribution < -0.4 is 10.6 Å². The number of benzene rings is 2. The summed E-state index contributed by atoms with van der Waals surface area (Å²) in [5.74, 6) is -0.544. The van der Waals surface area contributed by atoms with Crippen LogP contribution in [0, 0.1) is 5.82 Å². The van der Waals surface area contributed by atoms with E-state index in [4.69, 9.17) is 0 Å². The molecule has 29 heavy (non-hydrogen) atoms. The topological polar surface area (TPSA) is 71.1 Å². The van der Waals surface area contributed by atoms with E-state index in [9.17, 15) is 14.0 Å². The minimum absolute atomic E-state index is 0.0706.